The molecule has 0 atom stereocenters. The van der Waals surface area contributed by atoms with Crippen LogP contribution < -0.4 is 51.4 Å². The van der Waals surface area contributed by atoms with Crippen molar-refractivity contribution in [1.29, 1.82) is 0 Å². The fourth-order valence-electron chi connectivity index (χ4n) is 1.01. The van der Waals surface area contributed by atoms with Gasteiger partial charge in [0, 0.05) is 6.92 Å². The molecule has 0 aliphatic heterocycles. The smallest absolute Gasteiger partial charge is 0.743 e. The van der Waals surface area contributed by atoms with Gasteiger partial charge in [-0.25, -0.2) is 8.42 Å². The van der Waals surface area contributed by atoms with E-state index in [1.807, 2.05) is 0 Å². The zero-order valence-electron chi connectivity index (χ0n) is 11.2. The van der Waals surface area contributed by atoms with Gasteiger partial charge < -0.3 is 4.55 Å². The second-order valence-corrected chi connectivity index (χ2v) is 5.58. The SMILES string of the molecule is CC(F)(F)C(F)(F)C(F)(F)C(F)(F)C(F)(F)C(F)(F)S(=O)(=O)[O-].[K+]. The topological polar surface area (TPSA) is 57.2 Å². The predicted molar refractivity (Wildman–Crippen MR) is 45.1 cm³/mol. The van der Waals surface area contributed by atoms with E-state index >= 15 is 0 Å². The number of halogens is 12. The summed E-state index contributed by atoms with van der Waals surface area (Å²) in [6, 6.07) is 0. The van der Waals surface area contributed by atoms with E-state index in [1.54, 1.807) is 0 Å². The summed E-state index contributed by atoms with van der Waals surface area (Å²) in [6.07, 6.45) is 0. The van der Waals surface area contributed by atoms with Gasteiger partial charge in [-0.3, -0.25) is 0 Å². The maximum atomic E-state index is 12.8. The molecule has 0 saturated heterocycles. The van der Waals surface area contributed by atoms with Crippen molar-refractivity contribution in [3.8, 4) is 0 Å². The molecule has 24 heavy (non-hydrogen) atoms. The maximum Gasteiger partial charge on any atom is 1.00 e. The fraction of sp³-hybridized carbons (Fsp3) is 1.00. The van der Waals surface area contributed by atoms with Gasteiger partial charge in [-0.15, -0.1) is 0 Å². The summed E-state index contributed by atoms with van der Waals surface area (Å²) >= 11 is 0. The van der Waals surface area contributed by atoms with Gasteiger partial charge >= 0.3 is 86.3 Å². The van der Waals surface area contributed by atoms with E-state index in [9.17, 15) is 65.7 Å². The van der Waals surface area contributed by atoms with E-state index in [0.717, 1.165) is 0 Å². The molecule has 0 rings (SSSR count). The molecule has 0 unspecified atom stereocenters. The van der Waals surface area contributed by atoms with Crippen molar-refractivity contribution in [3.63, 3.8) is 0 Å². The Morgan fingerprint density at radius 2 is 0.875 bits per heavy atom. The van der Waals surface area contributed by atoms with E-state index in [-0.39, 0.29) is 51.4 Å². The molecule has 0 spiro atoms. The second-order valence-electron chi connectivity index (χ2n) is 4.16. The van der Waals surface area contributed by atoms with Crippen LogP contribution in [0, 0.1) is 0 Å². The van der Waals surface area contributed by atoms with Gasteiger partial charge in [0.1, 0.15) is 0 Å². The molecular formula is C7H3F12KO3S. The van der Waals surface area contributed by atoms with Crippen LogP contribution in [-0.2, 0) is 10.1 Å². The Hall–Kier alpha value is 0.706. The van der Waals surface area contributed by atoms with Crippen molar-refractivity contribution in [2.45, 2.75) is 41.8 Å². The van der Waals surface area contributed by atoms with E-state index in [0.29, 0.717) is 0 Å². The number of rotatable bonds is 6. The van der Waals surface area contributed by atoms with Gasteiger partial charge in [0.2, 0.25) is 0 Å². The molecule has 3 nitrogen and oxygen atoms in total. The summed E-state index contributed by atoms with van der Waals surface area (Å²) in [5.74, 6) is -37.3. The molecule has 0 amide bonds. The van der Waals surface area contributed by atoms with Crippen LogP contribution in [0.25, 0.3) is 0 Å². The van der Waals surface area contributed by atoms with E-state index < -0.39 is 51.9 Å². The van der Waals surface area contributed by atoms with Crippen LogP contribution >= 0.6 is 0 Å². The minimum Gasteiger partial charge on any atom is -0.743 e. The molecule has 140 valence electrons. The Morgan fingerprint density at radius 3 is 1.08 bits per heavy atom. The van der Waals surface area contributed by atoms with Crippen molar-refractivity contribution in [3.05, 3.63) is 0 Å². The third-order valence-electron chi connectivity index (χ3n) is 2.41. The molecule has 0 fully saturated rings. The van der Waals surface area contributed by atoms with Gasteiger partial charge in [-0.05, 0) is 0 Å². The summed E-state index contributed by atoms with van der Waals surface area (Å²) in [7, 11) is -7.76. The first-order chi connectivity index (χ1) is 9.50. The first kappa shape index (κ1) is 26.9. The third kappa shape index (κ3) is 3.57. The minimum atomic E-state index is -8.05. The Bertz CT molecular complexity index is 566. The van der Waals surface area contributed by atoms with E-state index in [4.69, 9.17) is 0 Å². The second kappa shape index (κ2) is 6.70. The van der Waals surface area contributed by atoms with Crippen molar-refractivity contribution in [2.75, 3.05) is 0 Å². The predicted octanol–water partition coefficient (Wildman–Crippen LogP) is 0.325. The zero-order valence-corrected chi connectivity index (χ0v) is 15.1. The monoisotopic (exact) mass is 434 g/mol. The van der Waals surface area contributed by atoms with Crippen LogP contribution in [0.2, 0.25) is 0 Å². The van der Waals surface area contributed by atoms with Gasteiger partial charge in [-0.2, -0.15) is 52.7 Å². The van der Waals surface area contributed by atoms with Gasteiger partial charge in [-0.1, -0.05) is 0 Å². The molecule has 0 bridgehead atoms. The molecule has 0 aliphatic carbocycles. The number of hydrogen-bond donors (Lipinski definition) is 0. The average Bonchev–Trinajstić information content (AvgIpc) is 2.24. The van der Waals surface area contributed by atoms with E-state index in [2.05, 4.69) is 0 Å². The summed E-state index contributed by atoms with van der Waals surface area (Å²) in [5.41, 5.74) is 0. The average molecular weight is 434 g/mol. The largest absolute Gasteiger partial charge is 1.00 e. The molecule has 0 heterocycles. The molecule has 0 N–H and O–H groups in total. The molecule has 0 aromatic heterocycles. The van der Waals surface area contributed by atoms with Crippen LogP contribution in [0.3, 0.4) is 0 Å². The maximum absolute atomic E-state index is 12.8. The Balaban J connectivity index is 0. The van der Waals surface area contributed by atoms with Gasteiger partial charge in [0.25, 0.3) is 0 Å². The fourth-order valence-corrected chi connectivity index (χ4v) is 1.45. The van der Waals surface area contributed by atoms with Crippen LogP contribution in [0.4, 0.5) is 52.7 Å². The number of alkyl halides is 12. The summed E-state index contributed by atoms with van der Waals surface area (Å²) in [6.45, 7) is -1.11. The van der Waals surface area contributed by atoms with Crippen molar-refractivity contribution in [2.24, 2.45) is 0 Å². The van der Waals surface area contributed by atoms with Crippen LogP contribution in [-0.4, -0.2) is 47.8 Å². The summed E-state index contributed by atoms with van der Waals surface area (Å²) in [5, 5.41) is -7.51. The zero-order chi connectivity index (χ0) is 19.5. The summed E-state index contributed by atoms with van der Waals surface area (Å²) < 4.78 is 181. The molecule has 0 aliphatic rings. The Kier molecular flexibility index (Phi) is 7.52. The quantitative estimate of drug-likeness (QED) is 0.344. The molecular weight excluding hydrogens is 431 g/mol. The molecule has 0 aromatic rings. The molecule has 17 heteroatoms. The standard InChI is InChI=1S/C7H4F12O3S.K/c1-2(8,9)3(10,11)4(12,13)5(14,15)6(16,17)7(18,19)23(20,21)22;/h1H3,(H,20,21,22);/q;+1/p-1. The minimum absolute atomic E-state index is 0. The third-order valence-corrected chi connectivity index (χ3v) is 3.30. The van der Waals surface area contributed by atoms with Crippen molar-refractivity contribution < 1.29 is 117 Å². The van der Waals surface area contributed by atoms with Gasteiger partial charge in [0.05, 0.1) is 0 Å². The first-order valence-corrected chi connectivity index (χ1v) is 6.13. The first-order valence-electron chi connectivity index (χ1n) is 4.72. The van der Waals surface area contributed by atoms with Crippen LogP contribution in [0.5, 0.6) is 0 Å². The van der Waals surface area contributed by atoms with Crippen molar-refractivity contribution >= 4 is 10.1 Å². The van der Waals surface area contributed by atoms with E-state index in [1.165, 1.54) is 0 Å². The van der Waals surface area contributed by atoms with Crippen LogP contribution in [0.1, 0.15) is 6.92 Å². The normalized spacial score (nSPS) is 15.9. The van der Waals surface area contributed by atoms with Crippen molar-refractivity contribution in [1.82, 2.24) is 0 Å². The summed E-state index contributed by atoms with van der Waals surface area (Å²) in [4.78, 5) is 0. The molecule has 0 radical (unpaired) electrons. The van der Waals surface area contributed by atoms with Gasteiger partial charge in [0.15, 0.2) is 10.1 Å². The Labute approximate surface area is 167 Å². The molecule has 0 aromatic carbocycles. The number of hydrogen-bond acceptors (Lipinski definition) is 3. The van der Waals surface area contributed by atoms with Crippen LogP contribution in [0.15, 0.2) is 0 Å². The Morgan fingerprint density at radius 1 is 0.625 bits per heavy atom. The molecule has 0 saturated carbocycles.